The average molecular weight is 455 g/mol. The summed E-state index contributed by atoms with van der Waals surface area (Å²) in [6, 6.07) is 0. The minimum atomic E-state index is -0.223. The van der Waals surface area contributed by atoms with Crippen molar-refractivity contribution in [2.45, 2.75) is 118 Å². The Bertz CT molecular complexity index is 933. The van der Waals surface area contributed by atoms with Gasteiger partial charge in [0.15, 0.2) is 0 Å². The summed E-state index contributed by atoms with van der Waals surface area (Å²) in [5, 5.41) is 0. The quantitative estimate of drug-likeness (QED) is 0.406. The fraction of sp³-hybridized carbons (Fsp3) is 0.933. The minimum absolute atomic E-state index is 0.0840. The molecule has 1 saturated heterocycles. The van der Waals surface area contributed by atoms with Crippen LogP contribution in [0.15, 0.2) is 0 Å². The van der Waals surface area contributed by atoms with Gasteiger partial charge in [0.05, 0.1) is 17.6 Å². The van der Waals surface area contributed by atoms with E-state index in [9.17, 15) is 9.59 Å². The van der Waals surface area contributed by atoms with Gasteiger partial charge in [0, 0.05) is 29.6 Å². The first-order valence-corrected chi connectivity index (χ1v) is 13.9. The van der Waals surface area contributed by atoms with Crippen molar-refractivity contribution in [3.8, 4) is 0 Å². The van der Waals surface area contributed by atoms with E-state index in [1.165, 1.54) is 6.42 Å². The summed E-state index contributed by atoms with van der Waals surface area (Å²) in [7, 11) is 0. The van der Waals surface area contributed by atoms with E-state index in [1.54, 1.807) is 0 Å². The number of carbonyl (C=O) groups excluding carboxylic acids is 2. The first kappa shape index (κ1) is 22.7. The Hall–Kier alpha value is -0.700. The number of carbonyl (C=O) groups is 2. The molecule has 5 saturated carbocycles. The molecule has 6 aliphatic rings. The van der Waals surface area contributed by atoms with Crippen LogP contribution in [0.5, 0.6) is 0 Å². The van der Waals surface area contributed by atoms with Gasteiger partial charge in [-0.2, -0.15) is 0 Å². The number of fused-ring (bicyclic) bond motifs is 4. The maximum Gasteiger partial charge on any atom is 0.142 e. The van der Waals surface area contributed by atoms with Crippen LogP contribution in [0.25, 0.3) is 0 Å². The zero-order valence-electron chi connectivity index (χ0n) is 22.2. The summed E-state index contributed by atoms with van der Waals surface area (Å²) < 4.78 is 7.04. The molecule has 5 aliphatic carbocycles. The molecule has 0 aromatic carbocycles. The number of hydrogen-bond donors (Lipinski definition) is 0. The first-order valence-electron chi connectivity index (χ1n) is 13.9. The highest BCUT2D eigenvalue weighted by Crippen LogP contribution is 2.79. The molecular formula is C30H46O3. The lowest BCUT2D eigenvalue weighted by atomic mass is 9.30. The molecule has 1 heterocycles. The summed E-state index contributed by atoms with van der Waals surface area (Å²) in [5.74, 6) is 2.39. The van der Waals surface area contributed by atoms with Crippen molar-refractivity contribution in [3.63, 3.8) is 0 Å². The molecule has 1 spiro atoms. The highest BCUT2D eigenvalue weighted by Gasteiger charge is 2.80. The van der Waals surface area contributed by atoms with Gasteiger partial charge in [-0.3, -0.25) is 9.59 Å². The molecule has 8 unspecified atom stereocenters. The van der Waals surface area contributed by atoms with Crippen LogP contribution < -0.4 is 0 Å². The largest absolute Gasteiger partial charge is 0.373 e. The fourth-order valence-electron chi connectivity index (χ4n) is 11.6. The van der Waals surface area contributed by atoms with Crippen LogP contribution in [0, 0.1) is 50.2 Å². The molecule has 3 heteroatoms. The number of ether oxygens (including phenoxy) is 1. The normalized spacial score (nSPS) is 56.4. The van der Waals surface area contributed by atoms with Crippen molar-refractivity contribution >= 4 is 11.6 Å². The minimum Gasteiger partial charge on any atom is -0.373 e. The maximum absolute atomic E-state index is 14.1. The van der Waals surface area contributed by atoms with E-state index in [-0.39, 0.29) is 32.7 Å². The van der Waals surface area contributed by atoms with E-state index in [2.05, 4.69) is 48.5 Å². The maximum atomic E-state index is 14.1. The molecule has 2 bridgehead atoms. The zero-order chi connectivity index (χ0) is 23.9. The smallest absolute Gasteiger partial charge is 0.142 e. The third-order valence-corrected chi connectivity index (χ3v) is 13.7. The molecule has 8 atom stereocenters. The van der Waals surface area contributed by atoms with Crippen molar-refractivity contribution in [2.24, 2.45) is 50.2 Å². The molecule has 6 rings (SSSR count). The van der Waals surface area contributed by atoms with Gasteiger partial charge in [-0.15, -0.1) is 0 Å². The number of rotatable bonds is 0. The van der Waals surface area contributed by atoms with E-state index in [1.807, 2.05) is 0 Å². The SMILES string of the molecule is CC1(C)CCC23COC4(CCC5C6(C)CCC(=O)C(C)(C)C6CCC5(C)C4(C)CC2=O)C3C1. The second-order valence-electron chi connectivity index (χ2n) is 15.4. The Morgan fingerprint density at radius 2 is 1.45 bits per heavy atom. The van der Waals surface area contributed by atoms with Crippen LogP contribution in [0.4, 0.5) is 0 Å². The topological polar surface area (TPSA) is 43.4 Å². The van der Waals surface area contributed by atoms with Crippen LogP contribution in [-0.2, 0) is 14.3 Å². The molecule has 33 heavy (non-hydrogen) atoms. The van der Waals surface area contributed by atoms with E-state index < -0.39 is 0 Å². The van der Waals surface area contributed by atoms with E-state index in [4.69, 9.17) is 4.74 Å². The number of hydrogen-bond acceptors (Lipinski definition) is 3. The third kappa shape index (κ3) is 2.33. The van der Waals surface area contributed by atoms with Crippen LogP contribution in [0.3, 0.4) is 0 Å². The Morgan fingerprint density at radius 3 is 2.18 bits per heavy atom. The highest BCUT2D eigenvalue weighted by molar-refractivity contribution is 5.89. The van der Waals surface area contributed by atoms with E-state index in [0.29, 0.717) is 47.8 Å². The second-order valence-corrected chi connectivity index (χ2v) is 15.4. The number of ketones is 2. The lowest BCUT2D eigenvalue weighted by Gasteiger charge is -2.73. The number of Topliss-reactive ketones (excluding diaryl/α,β-unsaturated/α-hetero) is 2. The lowest BCUT2D eigenvalue weighted by molar-refractivity contribution is -0.274. The molecule has 0 aromatic heterocycles. The van der Waals surface area contributed by atoms with Crippen molar-refractivity contribution in [1.29, 1.82) is 0 Å². The zero-order valence-corrected chi connectivity index (χ0v) is 22.2. The molecule has 0 aromatic rings. The summed E-state index contributed by atoms with van der Waals surface area (Å²) in [6.07, 6.45) is 10.3. The van der Waals surface area contributed by atoms with Gasteiger partial charge in [0.25, 0.3) is 0 Å². The summed E-state index contributed by atoms with van der Waals surface area (Å²) in [5.41, 5.74) is -0.136. The molecule has 6 fully saturated rings. The Balaban J connectivity index is 1.47. The Labute approximate surface area is 201 Å². The van der Waals surface area contributed by atoms with E-state index in [0.717, 1.165) is 51.4 Å². The predicted octanol–water partition coefficient (Wildman–Crippen LogP) is 6.77. The molecule has 1 aliphatic heterocycles. The molecule has 184 valence electrons. The summed E-state index contributed by atoms with van der Waals surface area (Å²) in [4.78, 5) is 27.0. The molecular weight excluding hydrogens is 408 g/mol. The van der Waals surface area contributed by atoms with Gasteiger partial charge in [0.2, 0.25) is 0 Å². The van der Waals surface area contributed by atoms with Gasteiger partial charge in [-0.25, -0.2) is 0 Å². The molecule has 0 radical (unpaired) electrons. The fourth-order valence-corrected chi connectivity index (χ4v) is 11.6. The van der Waals surface area contributed by atoms with Crippen LogP contribution in [-0.4, -0.2) is 23.8 Å². The van der Waals surface area contributed by atoms with Gasteiger partial charge in [-0.1, -0.05) is 48.5 Å². The first-order chi connectivity index (χ1) is 15.2. The van der Waals surface area contributed by atoms with Crippen molar-refractivity contribution in [3.05, 3.63) is 0 Å². The van der Waals surface area contributed by atoms with Gasteiger partial charge in [0.1, 0.15) is 11.6 Å². The van der Waals surface area contributed by atoms with Crippen molar-refractivity contribution in [1.82, 2.24) is 0 Å². The van der Waals surface area contributed by atoms with Crippen LogP contribution in [0.2, 0.25) is 0 Å². The molecule has 0 amide bonds. The van der Waals surface area contributed by atoms with Crippen LogP contribution >= 0.6 is 0 Å². The third-order valence-electron chi connectivity index (χ3n) is 13.7. The Morgan fingerprint density at radius 1 is 0.758 bits per heavy atom. The van der Waals surface area contributed by atoms with Crippen molar-refractivity contribution in [2.75, 3.05) is 6.61 Å². The van der Waals surface area contributed by atoms with Gasteiger partial charge >= 0.3 is 0 Å². The standard InChI is InChI=1S/C30H46O3/c1-24(2)14-15-29-18-33-30(21(29)16-24)13-9-20-26(5)11-10-22(31)25(3,4)19(26)8-12-27(20,6)28(30,7)17-23(29)32/h19-21H,8-18H2,1-7H3. The van der Waals surface area contributed by atoms with Gasteiger partial charge < -0.3 is 4.74 Å². The molecule has 3 nitrogen and oxygen atoms in total. The molecule has 0 N–H and O–H groups in total. The lowest BCUT2D eigenvalue weighted by Crippen LogP contribution is -2.73. The van der Waals surface area contributed by atoms with Crippen LogP contribution in [0.1, 0.15) is 113 Å². The monoisotopic (exact) mass is 454 g/mol. The predicted molar refractivity (Wildman–Crippen MR) is 130 cm³/mol. The second kappa shape index (κ2) is 6.16. The Kier molecular flexibility index (Phi) is 4.25. The average Bonchev–Trinajstić information content (AvgIpc) is 2.99. The summed E-state index contributed by atoms with van der Waals surface area (Å²) >= 11 is 0. The van der Waals surface area contributed by atoms with Gasteiger partial charge in [-0.05, 0) is 79.4 Å². The van der Waals surface area contributed by atoms with E-state index >= 15 is 0 Å². The summed E-state index contributed by atoms with van der Waals surface area (Å²) in [6.45, 7) is 17.5. The van der Waals surface area contributed by atoms with Crippen molar-refractivity contribution < 1.29 is 14.3 Å². The highest BCUT2D eigenvalue weighted by atomic mass is 16.5.